The van der Waals surface area contributed by atoms with Gasteiger partial charge in [-0.2, -0.15) is 0 Å². The van der Waals surface area contributed by atoms with Crippen LogP contribution in [0, 0.1) is 19.7 Å². The maximum absolute atomic E-state index is 13.8. The predicted molar refractivity (Wildman–Crippen MR) is 115 cm³/mol. The van der Waals surface area contributed by atoms with Crippen LogP contribution in [0.1, 0.15) is 23.1 Å². The van der Waals surface area contributed by atoms with Gasteiger partial charge in [0.05, 0.1) is 4.91 Å². The topological polar surface area (TPSA) is 49.4 Å². The number of halogens is 1. The Morgan fingerprint density at radius 1 is 1.25 bits per heavy atom. The van der Waals surface area contributed by atoms with Gasteiger partial charge in [0.25, 0.3) is 5.91 Å². The third kappa shape index (κ3) is 4.66. The summed E-state index contributed by atoms with van der Waals surface area (Å²) in [4.78, 5) is 26.6. The number of benzene rings is 2. The van der Waals surface area contributed by atoms with Crippen molar-refractivity contribution >= 4 is 51.9 Å². The van der Waals surface area contributed by atoms with Crippen molar-refractivity contribution in [3.63, 3.8) is 0 Å². The van der Waals surface area contributed by atoms with Crippen molar-refractivity contribution in [2.45, 2.75) is 20.3 Å². The van der Waals surface area contributed by atoms with E-state index in [-0.39, 0.29) is 24.8 Å². The molecule has 2 amide bonds. The Bertz CT molecular complexity index is 988. The predicted octanol–water partition coefficient (Wildman–Crippen LogP) is 4.67. The SMILES string of the molecule is Cc1ccc(NC(=O)CCN2C(=O)C(=Cc3ccccc3F)SC2=S)c(C)c1. The minimum absolute atomic E-state index is 0.118. The fourth-order valence-corrected chi connectivity index (χ4v) is 4.11. The zero-order valence-electron chi connectivity index (χ0n) is 15.5. The molecule has 0 aliphatic carbocycles. The third-order valence-corrected chi connectivity index (χ3v) is 5.66. The van der Waals surface area contributed by atoms with Crippen LogP contribution in [0.2, 0.25) is 0 Å². The van der Waals surface area contributed by atoms with Crippen molar-refractivity contribution in [1.29, 1.82) is 0 Å². The molecule has 3 rings (SSSR count). The number of nitrogens with one attached hydrogen (secondary N) is 1. The number of carbonyl (C=O) groups excluding carboxylic acids is 2. The number of amides is 2. The van der Waals surface area contributed by atoms with Crippen molar-refractivity contribution in [3.8, 4) is 0 Å². The Balaban J connectivity index is 1.63. The number of hydrogen-bond acceptors (Lipinski definition) is 4. The van der Waals surface area contributed by atoms with Gasteiger partial charge in [-0.3, -0.25) is 14.5 Å². The minimum Gasteiger partial charge on any atom is -0.326 e. The molecular weight excluding hydrogens is 395 g/mol. The van der Waals surface area contributed by atoms with Crippen LogP contribution in [0.25, 0.3) is 6.08 Å². The number of thiocarbonyl (C=S) groups is 1. The molecule has 7 heteroatoms. The molecule has 144 valence electrons. The second kappa shape index (κ2) is 8.67. The van der Waals surface area contributed by atoms with E-state index in [4.69, 9.17) is 12.2 Å². The van der Waals surface area contributed by atoms with Crippen molar-refractivity contribution in [3.05, 3.63) is 69.9 Å². The van der Waals surface area contributed by atoms with E-state index >= 15 is 0 Å². The number of nitrogens with zero attached hydrogens (tertiary/aromatic N) is 1. The largest absolute Gasteiger partial charge is 0.326 e. The Kier molecular flexibility index (Phi) is 6.26. The summed E-state index contributed by atoms with van der Waals surface area (Å²) in [6, 6.07) is 12.0. The Morgan fingerprint density at radius 3 is 2.71 bits per heavy atom. The fourth-order valence-electron chi connectivity index (χ4n) is 2.81. The summed E-state index contributed by atoms with van der Waals surface area (Å²) in [6.07, 6.45) is 1.61. The molecule has 1 heterocycles. The summed E-state index contributed by atoms with van der Waals surface area (Å²) in [5.74, 6) is -0.905. The molecule has 2 aromatic rings. The number of hydrogen-bond donors (Lipinski definition) is 1. The Hall–Kier alpha value is -2.51. The molecule has 0 unspecified atom stereocenters. The first-order chi connectivity index (χ1) is 13.3. The molecule has 0 aromatic heterocycles. The molecule has 0 atom stereocenters. The average Bonchev–Trinajstić information content (AvgIpc) is 2.91. The highest BCUT2D eigenvalue weighted by molar-refractivity contribution is 8.26. The first-order valence-electron chi connectivity index (χ1n) is 8.72. The second-order valence-electron chi connectivity index (χ2n) is 6.47. The number of aryl methyl sites for hydroxylation is 2. The number of rotatable bonds is 5. The first kappa shape index (κ1) is 20.2. The van der Waals surface area contributed by atoms with E-state index in [0.717, 1.165) is 28.6 Å². The molecule has 1 fully saturated rings. The lowest BCUT2D eigenvalue weighted by atomic mass is 10.1. The lowest BCUT2D eigenvalue weighted by Crippen LogP contribution is -2.31. The summed E-state index contributed by atoms with van der Waals surface area (Å²) >= 11 is 6.38. The normalized spacial score (nSPS) is 15.4. The highest BCUT2D eigenvalue weighted by Gasteiger charge is 2.32. The van der Waals surface area contributed by atoms with Crippen molar-refractivity contribution in [1.82, 2.24) is 4.90 Å². The van der Waals surface area contributed by atoms with Gasteiger partial charge in [0.1, 0.15) is 10.1 Å². The molecule has 1 aliphatic rings. The Labute approximate surface area is 172 Å². The van der Waals surface area contributed by atoms with Crippen LogP contribution in [-0.2, 0) is 9.59 Å². The zero-order valence-corrected chi connectivity index (χ0v) is 17.1. The summed E-state index contributed by atoms with van der Waals surface area (Å²) in [7, 11) is 0. The number of thioether (sulfide) groups is 1. The molecule has 2 aromatic carbocycles. The van der Waals surface area contributed by atoms with E-state index in [1.54, 1.807) is 18.2 Å². The van der Waals surface area contributed by atoms with Crippen LogP contribution in [-0.4, -0.2) is 27.6 Å². The van der Waals surface area contributed by atoms with E-state index in [1.165, 1.54) is 17.0 Å². The summed E-state index contributed by atoms with van der Waals surface area (Å²) in [5, 5.41) is 2.86. The standard InChI is InChI=1S/C21H19FN2O2S2/c1-13-7-8-17(14(2)11-13)23-19(25)9-10-24-20(26)18(28-21(24)27)12-15-5-3-4-6-16(15)22/h3-8,11-12H,9-10H2,1-2H3,(H,23,25). The van der Waals surface area contributed by atoms with Gasteiger partial charge in [-0.05, 0) is 37.6 Å². The van der Waals surface area contributed by atoms with Crippen LogP contribution in [0.4, 0.5) is 10.1 Å². The van der Waals surface area contributed by atoms with Gasteiger partial charge in [0, 0.05) is 24.2 Å². The quantitative estimate of drug-likeness (QED) is 0.570. The molecule has 0 saturated carbocycles. The highest BCUT2D eigenvalue weighted by Crippen LogP contribution is 2.33. The van der Waals surface area contributed by atoms with Crippen LogP contribution in [0.3, 0.4) is 0 Å². The molecule has 1 aliphatic heterocycles. The van der Waals surface area contributed by atoms with Crippen molar-refractivity contribution in [2.75, 3.05) is 11.9 Å². The monoisotopic (exact) mass is 414 g/mol. The van der Waals surface area contributed by atoms with Gasteiger partial charge < -0.3 is 5.32 Å². The minimum atomic E-state index is -0.402. The smallest absolute Gasteiger partial charge is 0.266 e. The first-order valence-corrected chi connectivity index (χ1v) is 9.94. The molecule has 1 N–H and O–H groups in total. The molecule has 0 spiro atoms. The van der Waals surface area contributed by atoms with Crippen molar-refractivity contribution in [2.24, 2.45) is 0 Å². The molecule has 0 radical (unpaired) electrons. The second-order valence-corrected chi connectivity index (χ2v) is 8.15. The van der Waals surface area contributed by atoms with E-state index in [0.29, 0.717) is 14.8 Å². The molecule has 4 nitrogen and oxygen atoms in total. The van der Waals surface area contributed by atoms with E-state index < -0.39 is 5.82 Å². The zero-order chi connectivity index (χ0) is 20.3. The van der Waals surface area contributed by atoms with Crippen LogP contribution < -0.4 is 5.32 Å². The van der Waals surface area contributed by atoms with Crippen LogP contribution in [0.15, 0.2) is 47.4 Å². The molecular formula is C21H19FN2O2S2. The van der Waals surface area contributed by atoms with Crippen LogP contribution >= 0.6 is 24.0 Å². The lowest BCUT2D eigenvalue weighted by Gasteiger charge is -2.15. The summed E-state index contributed by atoms with van der Waals surface area (Å²) < 4.78 is 14.2. The van der Waals surface area contributed by atoms with Gasteiger partial charge >= 0.3 is 0 Å². The fraction of sp³-hybridized carbons (Fsp3) is 0.190. The van der Waals surface area contributed by atoms with E-state index in [9.17, 15) is 14.0 Å². The Morgan fingerprint density at radius 2 is 2.00 bits per heavy atom. The lowest BCUT2D eigenvalue weighted by molar-refractivity contribution is -0.122. The molecule has 1 saturated heterocycles. The van der Waals surface area contributed by atoms with Gasteiger partial charge in [-0.1, -0.05) is 59.9 Å². The molecule has 0 bridgehead atoms. The van der Waals surface area contributed by atoms with Gasteiger partial charge in [-0.15, -0.1) is 0 Å². The third-order valence-electron chi connectivity index (χ3n) is 4.28. The summed E-state index contributed by atoms with van der Waals surface area (Å²) in [5.41, 5.74) is 3.18. The van der Waals surface area contributed by atoms with Gasteiger partial charge in [0.2, 0.25) is 5.91 Å². The van der Waals surface area contributed by atoms with Crippen molar-refractivity contribution < 1.29 is 14.0 Å². The highest BCUT2D eigenvalue weighted by atomic mass is 32.2. The average molecular weight is 415 g/mol. The summed E-state index contributed by atoms with van der Waals surface area (Å²) in [6.45, 7) is 4.09. The molecule has 28 heavy (non-hydrogen) atoms. The van der Waals surface area contributed by atoms with Crippen LogP contribution in [0.5, 0.6) is 0 Å². The van der Waals surface area contributed by atoms with Gasteiger partial charge in [0.15, 0.2) is 0 Å². The number of anilines is 1. The van der Waals surface area contributed by atoms with E-state index in [1.807, 2.05) is 32.0 Å². The van der Waals surface area contributed by atoms with E-state index in [2.05, 4.69) is 5.32 Å². The van der Waals surface area contributed by atoms with Gasteiger partial charge in [-0.25, -0.2) is 4.39 Å². The number of carbonyl (C=O) groups is 2. The maximum atomic E-state index is 13.8. The maximum Gasteiger partial charge on any atom is 0.266 e.